The molecule has 1 unspecified atom stereocenters. The van der Waals surface area contributed by atoms with E-state index in [9.17, 15) is 17.6 Å². The van der Waals surface area contributed by atoms with Crippen LogP contribution in [0.2, 0.25) is 0 Å². The molecule has 0 N–H and O–H groups in total. The van der Waals surface area contributed by atoms with Gasteiger partial charge >= 0.3 is 0 Å². The molecule has 1 aliphatic rings. The van der Waals surface area contributed by atoms with Crippen molar-refractivity contribution in [2.45, 2.75) is 37.4 Å². The first-order valence-corrected chi connectivity index (χ1v) is 15.7. The minimum Gasteiger partial charge on any atom is -0.454 e. The van der Waals surface area contributed by atoms with Crippen molar-refractivity contribution in [1.82, 2.24) is 19.5 Å². The van der Waals surface area contributed by atoms with Gasteiger partial charge in [0.05, 0.1) is 18.0 Å². The Bertz CT molecular complexity index is 1970. The zero-order valence-corrected chi connectivity index (χ0v) is 24.7. The molecule has 0 bridgehead atoms. The fourth-order valence-corrected chi connectivity index (χ4v) is 6.52. The number of aromatic nitrogens is 4. The third-order valence-electron chi connectivity index (χ3n) is 7.45. The van der Waals surface area contributed by atoms with Gasteiger partial charge in [-0.05, 0) is 72.7 Å². The molecule has 6 rings (SSSR count). The predicted octanol–water partition coefficient (Wildman–Crippen LogP) is 5.12. The van der Waals surface area contributed by atoms with Crippen LogP contribution in [0.1, 0.15) is 34.7 Å². The number of hydrogen-bond donors (Lipinski definition) is 0. The number of pyridine rings is 2. The van der Waals surface area contributed by atoms with E-state index in [4.69, 9.17) is 9.47 Å². The highest BCUT2D eigenvalue weighted by Crippen LogP contribution is 2.33. The van der Waals surface area contributed by atoms with Crippen LogP contribution in [0, 0.1) is 12.7 Å². The number of aryl methyl sites for hydroxylation is 1. The average molecular weight is 613 g/mol. The van der Waals surface area contributed by atoms with Crippen LogP contribution in [0.4, 0.5) is 4.39 Å². The van der Waals surface area contributed by atoms with Crippen LogP contribution in [-0.4, -0.2) is 40.5 Å². The van der Waals surface area contributed by atoms with Gasteiger partial charge < -0.3 is 14.0 Å². The molecule has 0 fully saturated rings. The van der Waals surface area contributed by atoms with Gasteiger partial charge in [0.15, 0.2) is 17.3 Å². The van der Waals surface area contributed by atoms with E-state index in [2.05, 4.69) is 15.0 Å². The smallest absolute Gasteiger partial charge is 0.286 e. The molecule has 4 heterocycles. The molecular formula is C33H29FN4O5S. The van der Waals surface area contributed by atoms with Crippen LogP contribution < -0.4 is 15.0 Å². The van der Waals surface area contributed by atoms with Crippen molar-refractivity contribution in [3.05, 3.63) is 130 Å². The summed E-state index contributed by atoms with van der Waals surface area (Å²) in [4.78, 5) is 25.5. The number of nitrogens with zero attached hydrogens (tertiary/aromatic N) is 4. The van der Waals surface area contributed by atoms with E-state index in [1.165, 1.54) is 10.8 Å². The molecule has 1 aliphatic heterocycles. The number of hydrogen-bond acceptors (Lipinski definition) is 8. The summed E-state index contributed by atoms with van der Waals surface area (Å²) in [5.74, 6) is -0.103. The molecule has 0 spiro atoms. The molecule has 0 saturated heterocycles. The third-order valence-corrected chi connectivity index (χ3v) is 8.96. The zero-order chi connectivity index (χ0) is 30.7. The first kappa shape index (κ1) is 29.2. The van der Waals surface area contributed by atoms with Gasteiger partial charge in [-0.15, -0.1) is 0 Å². The molecule has 224 valence electrons. The molecule has 1 atom stereocenters. The van der Waals surface area contributed by atoms with Gasteiger partial charge in [-0.2, -0.15) is 0 Å². The number of ether oxygens (including phenoxy) is 2. The molecule has 0 amide bonds. The largest absolute Gasteiger partial charge is 0.454 e. The maximum Gasteiger partial charge on any atom is 0.286 e. The van der Waals surface area contributed by atoms with Gasteiger partial charge in [-0.1, -0.05) is 42.5 Å². The number of sulfone groups is 1. The van der Waals surface area contributed by atoms with Crippen molar-refractivity contribution in [2.75, 3.05) is 12.5 Å². The Morgan fingerprint density at radius 3 is 2.57 bits per heavy atom. The Kier molecular flexibility index (Phi) is 8.21. The molecule has 44 heavy (non-hydrogen) atoms. The van der Waals surface area contributed by atoms with Gasteiger partial charge in [0, 0.05) is 29.8 Å². The SMILES string of the molecule is Cc1cc(-c2cc(F)c(=O)n(Cc3ccc4c(c3)OCO4)c2)nc(S(=O)(=O)CCC(Cc2cccnc2)c2ccccc2)n1. The Morgan fingerprint density at radius 2 is 1.77 bits per heavy atom. The summed E-state index contributed by atoms with van der Waals surface area (Å²) in [5, 5.41) is -0.338. The van der Waals surface area contributed by atoms with E-state index in [0.717, 1.165) is 17.2 Å². The Balaban J connectivity index is 1.27. The first-order valence-electron chi connectivity index (χ1n) is 14.1. The van der Waals surface area contributed by atoms with Gasteiger partial charge in [0.2, 0.25) is 21.8 Å². The Labute approximate surface area is 253 Å². The molecule has 3 aromatic heterocycles. The minimum atomic E-state index is -3.92. The molecule has 0 aliphatic carbocycles. The summed E-state index contributed by atoms with van der Waals surface area (Å²) >= 11 is 0. The standard InChI is InChI=1S/C33H29FN4O5S/c1-22-14-29(27-17-28(34)32(39)38(20-27)19-24-9-10-30-31(16-24)43-21-42-30)37-33(36-22)44(40,41)13-11-26(25-7-3-2-4-8-25)15-23-6-5-12-35-18-23/h2-10,12,14,16-18,20,26H,11,13,15,19,21H2,1H3. The lowest BCUT2D eigenvalue weighted by Crippen LogP contribution is -2.23. The van der Waals surface area contributed by atoms with Crippen LogP contribution in [0.3, 0.4) is 0 Å². The summed E-state index contributed by atoms with van der Waals surface area (Å²) in [6.45, 7) is 1.82. The van der Waals surface area contributed by atoms with E-state index in [-0.39, 0.29) is 41.4 Å². The van der Waals surface area contributed by atoms with Crippen molar-refractivity contribution < 1.29 is 22.3 Å². The number of fused-ring (bicyclic) bond motifs is 1. The second kappa shape index (κ2) is 12.4. The molecular weight excluding hydrogens is 583 g/mol. The van der Waals surface area contributed by atoms with Crippen molar-refractivity contribution in [1.29, 1.82) is 0 Å². The lowest BCUT2D eigenvalue weighted by molar-refractivity contribution is 0.174. The van der Waals surface area contributed by atoms with Crippen LogP contribution >= 0.6 is 0 Å². The van der Waals surface area contributed by atoms with Gasteiger partial charge in [0.25, 0.3) is 5.56 Å². The maximum atomic E-state index is 14.9. The second-order valence-electron chi connectivity index (χ2n) is 10.7. The van der Waals surface area contributed by atoms with Crippen LogP contribution in [0.15, 0.2) is 101 Å². The normalized spacial score (nSPS) is 13.1. The number of rotatable bonds is 10. The van der Waals surface area contributed by atoms with E-state index in [1.807, 2.05) is 42.5 Å². The molecule has 11 heteroatoms. The Morgan fingerprint density at radius 1 is 0.955 bits per heavy atom. The monoisotopic (exact) mass is 612 g/mol. The maximum absolute atomic E-state index is 14.9. The van der Waals surface area contributed by atoms with Gasteiger partial charge in [-0.25, -0.2) is 22.8 Å². The van der Waals surface area contributed by atoms with E-state index >= 15 is 0 Å². The highest BCUT2D eigenvalue weighted by molar-refractivity contribution is 7.91. The van der Waals surface area contributed by atoms with Gasteiger partial charge in [0.1, 0.15) is 0 Å². The van der Waals surface area contributed by atoms with Crippen LogP contribution in [-0.2, 0) is 22.8 Å². The predicted molar refractivity (Wildman–Crippen MR) is 162 cm³/mol. The zero-order valence-electron chi connectivity index (χ0n) is 23.9. The number of halogens is 1. The van der Waals surface area contributed by atoms with Crippen LogP contribution in [0.25, 0.3) is 11.3 Å². The molecule has 2 aromatic carbocycles. The lowest BCUT2D eigenvalue weighted by Gasteiger charge is -2.17. The van der Waals surface area contributed by atoms with Crippen molar-refractivity contribution in [3.8, 4) is 22.8 Å². The summed E-state index contributed by atoms with van der Waals surface area (Å²) < 4.78 is 54.0. The summed E-state index contributed by atoms with van der Waals surface area (Å²) in [5.41, 5.74) is 2.77. The summed E-state index contributed by atoms with van der Waals surface area (Å²) in [6.07, 6.45) is 5.91. The fourth-order valence-electron chi connectivity index (χ4n) is 5.22. The first-order chi connectivity index (χ1) is 21.2. The quantitative estimate of drug-likeness (QED) is 0.200. The van der Waals surface area contributed by atoms with Crippen molar-refractivity contribution >= 4 is 9.84 Å². The summed E-state index contributed by atoms with van der Waals surface area (Å²) in [6, 6.07) is 21.4. The molecule has 0 radical (unpaired) electrons. The highest BCUT2D eigenvalue weighted by Gasteiger charge is 2.24. The van der Waals surface area contributed by atoms with Crippen molar-refractivity contribution in [2.24, 2.45) is 0 Å². The highest BCUT2D eigenvalue weighted by atomic mass is 32.2. The van der Waals surface area contributed by atoms with Gasteiger partial charge in [-0.3, -0.25) is 9.78 Å². The molecule has 0 saturated carbocycles. The minimum absolute atomic E-state index is 0.0628. The van der Waals surface area contributed by atoms with E-state index < -0.39 is 21.2 Å². The topological polar surface area (TPSA) is 113 Å². The third kappa shape index (κ3) is 6.52. The fraction of sp³-hybridized carbons (Fsp3) is 0.212. The molecule has 5 aromatic rings. The number of benzene rings is 2. The van der Waals surface area contributed by atoms with E-state index in [0.29, 0.717) is 35.6 Å². The summed E-state index contributed by atoms with van der Waals surface area (Å²) in [7, 11) is -3.92. The molecule has 9 nitrogen and oxygen atoms in total. The van der Waals surface area contributed by atoms with Crippen LogP contribution in [0.5, 0.6) is 11.5 Å². The average Bonchev–Trinajstić information content (AvgIpc) is 3.50. The van der Waals surface area contributed by atoms with E-state index in [1.54, 1.807) is 43.6 Å². The second-order valence-corrected chi connectivity index (χ2v) is 12.7. The van der Waals surface area contributed by atoms with Crippen molar-refractivity contribution in [3.63, 3.8) is 0 Å². The Hall–Kier alpha value is -4.90. The lowest BCUT2D eigenvalue weighted by atomic mass is 9.90.